The predicted molar refractivity (Wildman–Crippen MR) is 120 cm³/mol. The number of anilines is 2. The van der Waals surface area contributed by atoms with Gasteiger partial charge in [-0.3, -0.25) is 14.4 Å². The van der Waals surface area contributed by atoms with Crippen LogP contribution in [0.25, 0.3) is 0 Å². The van der Waals surface area contributed by atoms with Crippen molar-refractivity contribution in [3.05, 3.63) is 57.1 Å². The topological polar surface area (TPSA) is 75.7 Å². The van der Waals surface area contributed by atoms with Crippen molar-refractivity contribution in [2.45, 2.75) is 34.1 Å². The summed E-state index contributed by atoms with van der Waals surface area (Å²) in [4.78, 5) is 38.8. The maximum atomic E-state index is 12.5. The van der Waals surface area contributed by atoms with Gasteiger partial charge in [0.15, 0.2) is 6.61 Å². The number of carbonyl (C=O) groups is 3. The molecule has 6 nitrogen and oxygen atoms in total. The first-order chi connectivity index (χ1) is 14.2. The number of benzene rings is 2. The smallest absolute Gasteiger partial charge is 0.311 e. The summed E-state index contributed by atoms with van der Waals surface area (Å²) in [6, 6.07) is 9.41. The molecule has 0 spiro atoms. The Balaban J connectivity index is 1.58. The van der Waals surface area contributed by atoms with Gasteiger partial charge in [0.05, 0.1) is 5.92 Å². The van der Waals surface area contributed by atoms with Crippen LogP contribution >= 0.6 is 15.9 Å². The number of amides is 2. The number of nitrogens with one attached hydrogen (secondary N) is 1. The third-order valence-corrected chi connectivity index (χ3v) is 6.52. The molecule has 1 N–H and O–H groups in total. The number of ether oxygens (including phenoxy) is 1. The van der Waals surface area contributed by atoms with Gasteiger partial charge in [0, 0.05) is 28.8 Å². The van der Waals surface area contributed by atoms with Crippen LogP contribution in [0.5, 0.6) is 0 Å². The minimum atomic E-state index is -0.582. The Bertz CT molecular complexity index is 1020. The van der Waals surface area contributed by atoms with E-state index >= 15 is 0 Å². The van der Waals surface area contributed by atoms with E-state index in [1.165, 1.54) is 0 Å². The Morgan fingerprint density at radius 3 is 2.57 bits per heavy atom. The Labute approximate surface area is 184 Å². The molecule has 0 aromatic heterocycles. The summed E-state index contributed by atoms with van der Waals surface area (Å²) in [6.45, 7) is 7.68. The molecule has 0 bridgehead atoms. The van der Waals surface area contributed by atoms with Gasteiger partial charge in [-0.25, -0.2) is 0 Å². The zero-order chi connectivity index (χ0) is 22.0. The van der Waals surface area contributed by atoms with Crippen LogP contribution in [0.2, 0.25) is 0 Å². The average Bonchev–Trinajstić information content (AvgIpc) is 3.10. The number of carbonyl (C=O) groups excluding carboxylic acids is 3. The highest BCUT2D eigenvalue weighted by atomic mass is 79.9. The molecule has 2 amide bonds. The van der Waals surface area contributed by atoms with Gasteiger partial charge in [-0.05, 0) is 68.1 Å². The Hall–Kier alpha value is -2.67. The molecule has 2 aromatic rings. The minimum Gasteiger partial charge on any atom is -0.455 e. The Morgan fingerprint density at radius 1 is 1.10 bits per heavy atom. The van der Waals surface area contributed by atoms with Crippen molar-refractivity contribution in [2.24, 2.45) is 5.92 Å². The van der Waals surface area contributed by atoms with Crippen LogP contribution in [0.15, 0.2) is 34.8 Å². The van der Waals surface area contributed by atoms with Gasteiger partial charge in [0.1, 0.15) is 0 Å². The van der Waals surface area contributed by atoms with Crippen molar-refractivity contribution < 1.29 is 19.1 Å². The SMILES string of the molecule is Cc1cccc(N2C[C@@H](C(=O)OCC(=O)Nc3ccc(Br)c(C)c3C)CC2=O)c1C. The zero-order valence-corrected chi connectivity index (χ0v) is 19.1. The third kappa shape index (κ3) is 4.56. The van der Waals surface area contributed by atoms with Crippen molar-refractivity contribution in [1.29, 1.82) is 0 Å². The number of aryl methyl sites for hydroxylation is 1. The van der Waals surface area contributed by atoms with E-state index < -0.39 is 17.8 Å². The van der Waals surface area contributed by atoms with E-state index in [0.29, 0.717) is 5.69 Å². The monoisotopic (exact) mass is 472 g/mol. The molecule has 0 unspecified atom stereocenters. The molecular weight excluding hydrogens is 448 g/mol. The first-order valence-electron chi connectivity index (χ1n) is 9.77. The molecule has 0 aliphatic carbocycles. The molecule has 1 heterocycles. The van der Waals surface area contributed by atoms with Crippen molar-refractivity contribution in [1.82, 2.24) is 0 Å². The largest absolute Gasteiger partial charge is 0.455 e. The van der Waals surface area contributed by atoms with E-state index in [1.807, 2.05) is 52.0 Å². The number of esters is 1. The zero-order valence-electron chi connectivity index (χ0n) is 17.5. The molecular formula is C23H25BrN2O4. The minimum absolute atomic E-state index is 0.0822. The number of halogens is 1. The molecule has 1 aliphatic heterocycles. The second-order valence-corrected chi connectivity index (χ2v) is 8.48. The van der Waals surface area contributed by atoms with Crippen LogP contribution < -0.4 is 10.2 Å². The second kappa shape index (κ2) is 9.00. The lowest BCUT2D eigenvalue weighted by molar-refractivity contribution is -0.151. The Kier molecular flexibility index (Phi) is 6.61. The van der Waals surface area contributed by atoms with Crippen LogP contribution in [0.1, 0.15) is 28.7 Å². The first kappa shape index (κ1) is 22.0. The van der Waals surface area contributed by atoms with E-state index in [-0.39, 0.29) is 25.5 Å². The number of hydrogen-bond donors (Lipinski definition) is 1. The summed E-state index contributed by atoms with van der Waals surface area (Å²) >= 11 is 3.46. The molecule has 3 rings (SSSR count). The molecule has 158 valence electrons. The summed E-state index contributed by atoms with van der Waals surface area (Å²) in [5, 5.41) is 2.77. The van der Waals surface area contributed by atoms with Crippen molar-refractivity contribution in [3.63, 3.8) is 0 Å². The highest BCUT2D eigenvalue weighted by Crippen LogP contribution is 2.30. The highest BCUT2D eigenvalue weighted by molar-refractivity contribution is 9.10. The maximum absolute atomic E-state index is 12.5. The normalized spacial score (nSPS) is 16.0. The van der Waals surface area contributed by atoms with Crippen LogP contribution in [-0.4, -0.2) is 30.9 Å². The number of rotatable bonds is 5. The molecule has 7 heteroatoms. The standard InChI is InChI=1S/C23H25BrN2O4/c1-13-6-5-7-20(14(13)2)26-11-17(10-22(26)28)23(29)30-12-21(27)25-19-9-8-18(24)15(3)16(19)4/h5-9,17H,10-12H2,1-4H3,(H,25,27)/t17-/m0/s1. The molecule has 2 aromatic carbocycles. The van der Waals surface area contributed by atoms with Crippen LogP contribution in [0, 0.1) is 33.6 Å². The summed E-state index contributed by atoms with van der Waals surface area (Å²) < 4.78 is 6.16. The van der Waals surface area contributed by atoms with Gasteiger partial charge >= 0.3 is 5.97 Å². The van der Waals surface area contributed by atoms with Crippen LogP contribution in [0.3, 0.4) is 0 Å². The third-order valence-electron chi connectivity index (χ3n) is 5.67. The Morgan fingerprint density at radius 2 is 1.83 bits per heavy atom. The average molecular weight is 473 g/mol. The van der Waals surface area contributed by atoms with Crippen LogP contribution in [-0.2, 0) is 19.1 Å². The lowest BCUT2D eigenvalue weighted by Crippen LogP contribution is -2.28. The molecule has 0 radical (unpaired) electrons. The van der Waals surface area contributed by atoms with E-state index in [4.69, 9.17) is 4.74 Å². The second-order valence-electron chi connectivity index (χ2n) is 7.63. The maximum Gasteiger partial charge on any atom is 0.311 e. The summed E-state index contributed by atoms with van der Waals surface area (Å²) in [5.41, 5.74) is 5.55. The molecule has 1 aliphatic rings. The van der Waals surface area contributed by atoms with Gasteiger partial charge in [-0.1, -0.05) is 28.1 Å². The van der Waals surface area contributed by atoms with Gasteiger partial charge in [0.2, 0.25) is 5.91 Å². The van der Waals surface area contributed by atoms with Crippen molar-refractivity contribution in [2.75, 3.05) is 23.4 Å². The summed E-state index contributed by atoms with van der Waals surface area (Å²) in [7, 11) is 0. The number of nitrogens with zero attached hydrogens (tertiary/aromatic N) is 1. The summed E-state index contributed by atoms with van der Waals surface area (Å²) in [5.74, 6) is -1.64. The van der Waals surface area contributed by atoms with E-state index in [9.17, 15) is 14.4 Å². The lowest BCUT2D eigenvalue weighted by Gasteiger charge is -2.20. The fourth-order valence-corrected chi connectivity index (χ4v) is 3.92. The summed E-state index contributed by atoms with van der Waals surface area (Å²) in [6.07, 6.45) is 0.0822. The van der Waals surface area contributed by atoms with Crippen molar-refractivity contribution in [3.8, 4) is 0 Å². The van der Waals surface area contributed by atoms with Gasteiger partial charge in [-0.2, -0.15) is 0 Å². The van der Waals surface area contributed by atoms with E-state index in [2.05, 4.69) is 21.2 Å². The van der Waals surface area contributed by atoms with Gasteiger partial charge < -0.3 is 15.0 Å². The van der Waals surface area contributed by atoms with Gasteiger partial charge in [-0.15, -0.1) is 0 Å². The predicted octanol–water partition coefficient (Wildman–Crippen LogP) is 4.22. The van der Waals surface area contributed by atoms with Crippen molar-refractivity contribution >= 4 is 45.1 Å². The fourth-order valence-electron chi connectivity index (χ4n) is 3.49. The first-order valence-corrected chi connectivity index (χ1v) is 10.6. The van der Waals surface area contributed by atoms with Crippen LogP contribution in [0.4, 0.5) is 11.4 Å². The molecule has 30 heavy (non-hydrogen) atoms. The quantitative estimate of drug-likeness (QED) is 0.660. The highest BCUT2D eigenvalue weighted by Gasteiger charge is 2.37. The molecule has 0 saturated carbocycles. The molecule has 1 saturated heterocycles. The number of hydrogen-bond acceptors (Lipinski definition) is 4. The molecule has 1 fully saturated rings. The fraction of sp³-hybridized carbons (Fsp3) is 0.348. The van der Waals surface area contributed by atoms with E-state index in [1.54, 1.807) is 11.0 Å². The van der Waals surface area contributed by atoms with E-state index in [0.717, 1.165) is 32.4 Å². The molecule has 1 atom stereocenters. The lowest BCUT2D eigenvalue weighted by atomic mass is 10.1. The van der Waals surface area contributed by atoms with Gasteiger partial charge in [0.25, 0.3) is 5.91 Å².